The lowest BCUT2D eigenvalue weighted by atomic mass is 10.1. The van der Waals surface area contributed by atoms with E-state index in [1.165, 1.54) is 0 Å². The highest BCUT2D eigenvalue weighted by molar-refractivity contribution is 5.75. The van der Waals surface area contributed by atoms with E-state index in [4.69, 9.17) is 10.5 Å². The van der Waals surface area contributed by atoms with Crippen LogP contribution in [0.15, 0.2) is 18.2 Å². The fourth-order valence-corrected chi connectivity index (χ4v) is 1.24. The van der Waals surface area contributed by atoms with Crippen LogP contribution in [0.4, 0.5) is 0 Å². The SMILES string of the molecule is Cc1cc([C@H](C)O)ccc1OCC(N)=O. The van der Waals surface area contributed by atoms with E-state index in [9.17, 15) is 9.90 Å². The van der Waals surface area contributed by atoms with E-state index in [0.29, 0.717) is 5.75 Å². The van der Waals surface area contributed by atoms with Crippen LogP contribution in [-0.4, -0.2) is 17.6 Å². The molecule has 1 atom stereocenters. The number of carbonyl (C=O) groups is 1. The van der Waals surface area contributed by atoms with Gasteiger partial charge >= 0.3 is 0 Å². The predicted octanol–water partition coefficient (Wildman–Crippen LogP) is 0.912. The molecule has 4 nitrogen and oxygen atoms in total. The van der Waals surface area contributed by atoms with Crippen LogP contribution in [-0.2, 0) is 4.79 Å². The van der Waals surface area contributed by atoms with E-state index in [2.05, 4.69) is 0 Å². The lowest BCUT2D eigenvalue weighted by Crippen LogP contribution is -2.20. The fourth-order valence-electron chi connectivity index (χ4n) is 1.24. The van der Waals surface area contributed by atoms with Gasteiger partial charge in [0.05, 0.1) is 6.10 Å². The van der Waals surface area contributed by atoms with Crippen LogP contribution in [0.1, 0.15) is 24.2 Å². The van der Waals surface area contributed by atoms with E-state index in [-0.39, 0.29) is 6.61 Å². The standard InChI is InChI=1S/C11H15NO3/c1-7-5-9(8(2)13)3-4-10(7)15-6-11(12)14/h3-5,8,13H,6H2,1-2H3,(H2,12,14)/t8-/m0/s1. The summed E-state index contributed by atoms with van der Waals surface area (Å²) in [4.78, 5) is 10.5. The number of hydrogen-bond acceptors (Lipinski definition) is 3. The first-order valence-electron chi connectivity index (χ1n) is 4.70. The monoisotopic (exact) mass is 209 g/mol. The average molecular weight is 209 g/mol. The van der Waals surface area contributed by atoms with Crippen LogP contribution in [0.2, 0.25) is 0 Å². The lowest BCUT2D eigenvalue weighted by molar-refractivity contribution is -0.119. The summed E-state index contributed by atoms with van der Waals surface area (Å²) in [6, 6.07) is 5.30. The van der Waals surface area contributed by atoms with Gasteiger partial charge in [-0.3, -0.25) is 4.79 Å². The maximum absolute atomic E-state index is 10.5. The van der Waals surface area contributed by atoms with E-state index < -0.39 is 12.0 Å². The molecule has 0 spiro atoms. The van der Waals surface area contributed by atoms with Gasteiger partial charge in [0, 0.05) is 0 Å². The normalized spacial score (nSPS) is 12.2. The van der Waals surface area contributed by atoms with Crippen molar-refractivity contribution in [3.05, 3.63) is 29.3 Å². The second kappa shape index (κ2) is 4.79. The molecule has 1 aromatic rings. The van der Waals surface area contributed by atoms with Crippen molar-refractivity contribution < 1.29 is 14.6 Å². The van der Waals surface area contributed by atoms with E-state index in [0.717, 1.165) is 11.1 Å². The minimum absolute atomic E-state index is 0.130. The molecule has 0 aliphatic carbocycles. The number of aliphatic hydroxyl groups is 1. The van der Waals surface area contributed by atoms with Crippen LogP contribution in [0.3, 0.4) is 0 Å². The lowest BCUT2D eigenvalue weighted by Gasteiger charge is -2.10. The minimum Gasteiger partial charge on any atom is -0.484 e. The number of ether oxygens (including phenoxy) is 1. The van der Waals surface area contributed by atoms with Crippen molar-refractivity contribution in [1.82, 2.24) is 0 Å². The number of aryl methyl sites for hydroxylation is 1. The Bertz CT molecular complexity index is 361. The summed E-state index contributed by atoms with van der Waals surface area (Å²) in [6.45, 7) is 3.41. The van der Waals surface area contributed by atoms with Gasteiger partial charge in [-0.1, -0.05) is 6.07 Å². The summed E-state index contributed by atoms with van der Waals surface area (Å²) in [7, 11) is 0. The number of rotatable bonds is 4. The summed E-state index contributed by atoms with van der Waals surface area (Å²) in [5.41, 5.74) is 6.65. The third-order valence-corrected chi connectivity index (χ3v) is 2.05. The molecule has 0 aromatic heterocycles. The zero-order valence-corrected chi connectivity index (χ0v) is 8.86. The van der Waals surface area contributed by atoms with Crippen molar-refractivity contribution in [2.75, 3.05) is 6.61 Å². The van der Waals surface area contributed by atoms with E-state index >= 15 is 0 Å². The summed E-state index contributed by atoms with van der Waals surface area (Å²) in [6.07, 6.45) is -0.506. The Labute approximate surface area is 88.7 Å². The van der Waals surface area contributed by atoms with Crippen molar-refractivity contribution in [3.8, 4) is 5.75 Å². The molecule has 0 radical (unpaired) electrons. The molecular weight excluding hydrogens is 194 g/mol. The molecule has 1 rings (SSSR count). The fraction of sp³-hybridized carbons (Fsp3) is 0.364. The second-order valence-corrected chi connectivity index (χ2v) is 3.46. The summed E-state index contributed by atoms with van der Waals surface area (Å²) in [5.74, 6) is 0.104. The summed E-state index contributed by atoms with van der Waals surface area (Å²) in [5, 5.41) is 9.34. The quantitative estimate of drug-likeness (QED) is 0.774. The molecule has 0 unspecified atom stereocenters. The van der Waals surface area contributed by atoms with Gasteiger partial charge < -0.3 is 15.6 Å². The van der Waals surface area contributed by atoms with Gasteiger partial charge in [-0.2, -0.15) is 0 Å². The molecule has 1 amide bonds. The van der Waals surface area contributed by atoms with Gasteiger partial charge in [-0.15, -0.1) is 0 Å². The zero-order chi connectivity index (χ0) is 11.4. The van der Waals surface area contributed by atoms with Crippen molar-refractivity contribution in [2.45, 2.75) is 20.0 Å². The first-order chi connectivity index (χ1) is 7.00. The molecule has 0 bridgehead atoms. The molecule has 0 fully saturated rings. The number of benzene rings is 1. The molecule has 0 saturated carbocycles. The minimum atomic E-state index is -0.506. The van der Waals surface area contributed by atoms with Crippen LogP contribution >= 0.6 is 0 Å². The van der Waals surface area contributed by atoms with Crippen LogP contribution < -0.4 is 10.5 Å². The Morgan fingerprint density at radius 1 is 1.60 bits per heavy atom. The molecule has 0 aliphatic rings. The van der Waals surface area contributed by atoms with Crippen molar-refractivity contribution in [3.63, 3.8) is 0 Å². The molecule has 15 heavy (non-hydrogen) atoms. The van der Waals surface area contributed by atoms with Gasteiger partial charge in [0.15, 0.2) is 6.61 Å². The Morgan fingerprint density at radius 2 is 2.27 bits per heavy atom. The van der Waals surface area contributed by atoms with E-state index in [1.54, 1.807) is 19.1 Å². The maximum atomic E-state index is 10.5. The molecular formula is C11H15NO3. The Balaban J connectivity index is 2.79. The van der Waals surface area contributed by atoms with Gasteiger partial charge in [-0.05, 0) is 37.1 Å². The first-order valence-corrected chi connectivity index (χ1v) is 4.70. The van der Waals surface area contributed by atoms with Gasteiger partial charge in [0.2, 0.25) is 0 Å². The van der Waals surface area contributed by atoms with Crippen LogP contribution in [0.5, 0.6) is 5.75 Å². The van der Waals surface area contributed by atoms with Crippen LogP contribution in [0.25, 0.3) is 0 Å². The zero-order valence-electron chi connectivity index (χ0n) is 8.86. The number of aliphatic hydroxyl groups excluding tert-OH is 1. The van der Waals surface area contributed by atoms with Gasteiger partial charge in [0.1, 0.15) is 5.75 Å². The number of carbonyl (C=O) groups excluding carboxylic acids is 1. The number of nitrogens with two attached hydrogens (primary N) is 1. The Morgan fingerprint density at radius 3 is 2.73 bits per heavy atom. The molecule has 82 valence electrons. The Kier molecular flexibility index (Phi) is 3.68. The number of hydrogen-bond donors (Lipinski definition) is 2. The molecule has 0 aliphatic heterocycles. The van der Waals surface area contributed by atoms with Crippen LogP contribution in [0, 0.1) is 6.92 Å². The largest absolute Gasteiger partial charge is 0.484 e. The van der Waals surface area contributed by atoms with Crippen molar-refractivity contribution in [2.24, 2.45) is 5.73 Å². The second-order valence-electron chi connectivity index (χ2n) is 3.46. The number of primary amides is 1. The van der Waals surface area contributed by atoms with Gasteiger partial charge in [0.25, 0.3) is 5.91 Å². The average Bonchev–Trinajstić information content (AvgIpc) is 2.15. The van der Waals surface area contributed by atoms with E-state index in [1.807, 2.05) is 13.0 Å². The molecule has 0 saturated heterocycles. The Hall–Kier alpha value is -1.55. The molecule has 3 N–H and O–H groups in total. The topological polar surface area (TPSA) is 72.6 Å². The summed E-state index contributed by atoms with van der Waals surface area (Å²) >= 11 is 0. The predicted molar refractivity (Wildman–Crippen MR) is 56.5 cm³/mol. The maximum Gasteiger partial charge on any atom is 0.255 e. The highest BCUT2D eigenvalue weighted by atomic mass is 16.5. The van der Waals surface area contributed by atoms with Crippen molar-refractivity contribution >= 4 is 5.91 Å². The third-order valence-electron chi connectivity index (χ3n) is 2.05. The smallest absolute Gasteiger partial charge is 0.255 e. The van der Waals surface area contributed by atoms with Crippen molar-refractivity contribution in [1.29, 1.82) is 0 Å². The van der Waals surface area contributed by atoms with Gasteiger partial charge in [-0.25, -0.2) is 0 Å². The number of amides is 1. The third kappa shape index (κ3) is 3.25. The molecule has 0 heterocycles. The molecule has 1 aromatic carbocycles. The first kappa shape index (κ1) is 11.5. The highest BCUT2D eigenvalue weighted by Crippen LogP contribution is 2.22. The molecule has 4 heteroatoms. The highest BCUT2D eigenvalue weighted by Gasteiger charge is 2.05. The summed E-state index contributed by atoms with van der Waals surface area (Å²) < 4.78 is 5.18.